The number of aromatic hydroxyl groups is 1. The number of nitrogens with one attached hydrogen (secondary N) is 1. The van der Waals surface area contributed by atoms with Crippen molar-refractivity contribution in [3.8, 4) is 5.75 Å². The molecule has 0 spiro atoms. The van der Waals surface area contributed by atoms with E-state index in [9.17, 15) is 14.7 Å². The molecule has 98 valence electrons. The number of anilines is 1. The zero-order chi connectivity index (χ0) is 13.8. The van der Waals surface area contributed by atoms with Crippen LogP contribution in [0.4, 0.5) is 5.69 Å². The Hall–Kier alpha value is -2.34. The van der Waals surface area contributed by atoms with Gasteiger partial charge >= 0.3 is 5.97 Å². The lowest BCUT2D eigenvalue weighted by atomic mass is 10.1. The van der Waals surface area contributed by atoms with Crippen molar-refractivity contribution in [2.45, 2.75) is 0 Å². The van der Waals surface area contributed by atoms with Gasteiger partial charge in [-0.15, -0.1) is 11.3 Å². The summed E-state index contributed by atoms with van der Waals surface area (Å²) in [5.74, 6) is -1.12. The van der Waals surface area contributed by atoms with E-state index >= 15 is 0 Å². The molecular weight excluding hydrogens is 266 g/mol. The number of hydrogen-bond donors (Lipinski definition) is 2. The predicted molar refractivity (Wildman–Crippen MR) is 71.7 cm³/mol. The third-order valence-electron chi connectivity index (χ3n) is 2.40. The van der Waals surface area contributed by atoms with E-state index in [0.717, 1.165) is 0 Å². The number of benzene rings is 1. The van der Waals surface area contributed by atoms with Gasteiger partial charge in [-0.05, 0) is 29.6 Å². The number of carbonyl (C=O) groups excluding carboxylic acids is 2. The molecule has 0 radical (unpaired) electrons. The maximum absolute atomic E-state index is 11.8. The highest BCUT2D eigenvalue weighted by atomic mass is 32.1. The summed E-state index contributed by atoms with van der Waals surface area (Å²) in [6.45, 7) is 0. The molecular formula is C13H11NO4S. The van der Waals surface area contributed by atoms with E-state index < -0.39 is 5.97 Å². The highest BCUT2D eigenvalue weighted by Crippen LogP contribution is 2.23. The SMILES string of the molecule is COC(=O)c1cc(NC(=O)c2cccs2)ccc1O. The molecule has 0 bridgehead atoms. The molecule has 19 heavy (non-hydrogen) atoms. The summed E-state index contributed by atoms with van der Waals surface area (Å²) in [7, 11) is 1.22. The Kier molecular flexibility index (Phi) is 3.82. The van der Waals surface area contributed by atoms with Crippen molar-refractivity contribution in [3.05, 3.63) is 46.2 Å². The molecule has 1 amide bonds. The second-order valence-corrected chi connectivity index (χ2v) is 4.60. The molecule has 0 aliphatic carbocycles. The molecule has 1 aromatic heterocycles. The molecule has 2 rings (SSSR count). The van der Waals surface area contributed by atoms with Gasteiger partial charge in [0.15, 0.2) is 0 Å². The zero-order valence-electron chi connectivity index (χ0n) is 10.0. The van der Waals surface area contributed by atoms with Gasteiger partial charge in [0, 0.05) is 5.69 Å². The van der Waals surface area contributed by atoms with Crippen molar-refractivity contribution in [1.82, 2.24) is 0 Å². The van der Waals surface area contributed by atoms with Gasteiger partial charge in [0.2, 0.25) is 0 Å². The van der Waals surface area contributed by atoms with Crippen molar-refractivity contribution in [1.29, 1.82) is 0 Å². The third-order valence-corrected chi connectivity index (χ3v) is 3.27. The van der Waals surface area contributed by atoms with E-state index in [1.54, 1.807) is 17.5 Å². The number of carbonyl (C=O) groups is 2. The number of ether oxygens (including phenoxy) is 1. The Morgan fingerprint density at radius 1 is 1.32 bits per heavy atom. The fraction of sp³-hybridized carbons (Fsp3) is 0.0769. The maximum atomic E-state index is 11.8. The fourth-order valence-electron chi connectivity index (χ4n) is 1.49. The third kappa shape index (κ3) is 2.92. The van der Waals surface area contributed by atoms with Gasteiger partial charge in [0.1, 0.15) is 11.3 Å². The van der Waals surface area contributed by atoms with Crippen LogP contribution in [0, 0.1) is 0 Å². The van der Waals surface area contributed by atoms with Crippen LogP contribution in [0.25, 0.3) is 0 Å². The van der Waals surface area contributed by atoms with Crippen LogP contribution in [-0.4, -0.2) is 24.1 Å². The summed E-state index contributed by atoms with van der Waals surface area (Å²) in [6, 6.07) is 7.67. The number of methoxy groups -OCH3 is 1. The summed E-state index contributed by atoms with van der Waals surface area (Å²) >= 11 is 1.32. The largest absolute Gasteiger partial charge is 0.507 e. The average Bonchev–Trinajstić information content (AvgIpc) is 2.94. The molecule has 0 unspecified atom stereocenters. The second-order valence-electron chi connectivity index (χ2n) is 3.65. The van der Waals surface area contributed by atoms with E-state index in [1.807, 2.05) is 0 Å². The smallest absolute Gasteiger partial charge is 0.341 e. The summed E-state index contributed by atoms with van der Waals surface area (Å²) in [4.78, 5) is 23.8. The van der Waals surface area contributed by atoms with Crippen LogP contribution in [0.1, 0.15) is 20.0 Å². The standard InChI is InChI=1S/C13H11NO4S/c1-18-13(17)9-7-8(4-5-10(9)15)14-12(16)11-3-2-6-19-11/h2-7,15H,1H3,(H,14,16). The summed E-state index contributed by atoms with van der Waals surface area (Å²) in [5, 5.41) is 14.0. The van der Waals surface area contributed by atoms with Gasteiger partial charge in [-0.2, -0.15) is 0 Å². The van der Waals surface area contributed by atoms with Crippen LogP contribution in [0.2, 0.25) is 0 Å². The summed E-state index contributed by atoms with van der Waals surface area (Å²) < 4.78 is 4.54. The van der Waals surface area contributed by atoms with Crippen molar-refractivity contribution in [2.24, 2.45) is 0 Å². The monoisotopic (exact) mass is 277 g/mol. The molecule has 6 heteroatoms. The molecule has 0 saturated carbocycles. The first kappa shape index (κ1) is 13.1. The Morgan fingerprint density at radius 2 is 2.11 bits per heavy atom. The first-order valence-corrected chi connectivity index (χ1v) is 6.26. The number of thiophene rings is 1. The van der Waals surface area contributed by atoms with Gasteiger partial charge in [0.05, 0.1) is 12.0 Å². The summed E-state index contributed by atoms with van der Waals surface area (Å²) in [5.41, 5.74) is 0.420. The lowest BCUT2D eigenvalue weighted by Gasteiger charge is -2.07. The van der Waals surface area contributed by atoms with E-state index in [4.69, 9.17) is 0 Å². The normalized spacial score (nSPS) is 9.95. The molecule has 0 atom stereocenters. The van der Waals surface area contributed by atoms with Crippen LogP contribution >= 0.6 is 11.3 Å². The fourth-order valence-corrected chi connectivity index (χ4v) is 2.11. The van der Waals surface area contributed by atoms with Crippen molar-refractivity contribution in [2.75, 3.05) is 12.4 Å². The number of esters is 1. The average molecular weight is 277 g/mol. The lowest BCUT2D eigenvalue weighted by molar-refractivity contribution is 0.0597. The van der Waals surface area contributed by atoms with E-state index in [-0.39, 0.29) is 17.2 Å². The van der Waals surface area contributed by atoms with E-state index in [2.05, 4.69) is 10.1 Å². The second kappa shape index (κ2) is 5.53. The number of rotatable bonds is 3. The highest BCUT2D eigenvalue weighted by molar-refractivity contribution is 7.12. The number of amides is 1. The molecule has 0 aliphatic heterocycles. The lowest BCUT2D eigenvalue weighted by Crippen LogP contribution is -2.11. The maximum Gasteiger partial charge on any atom is 0.341 e. The van der Waals surface area contributed by atoms with Crippen LogP contribution in [-0.2, 0) is 4.74 Å². The van der Waals surface area contributed by atoms with Gasteiger partial charge in [0.25, 0.3) is 5.91 Å². The first-order chi connectivity index (χ1) is 9.11. The number of hydrogen-bond acceptors (Lipinski definition) is 5. The van der Waals surface area contributed by atoms with Crippen LogP contribution < -0.4 is 5.32 Å². The Balaban J connectivity index is 2.22. The molecule has 2 N–H and O–H groups in total. The van der Waals surface area contributed by atoms with E-state index in [1.165, 1.54) is 36.6 Å². The zero-order valence-corrected chi connectivity index (χ0v) is 10.9. The van der Waals surface area contributed by atoms with E-state index in [0.29, 0.717) is 10.6 Å². The molecule has 1 heterocycles. The molecule has 0 fully saturated rings. The van der Waals surface area contributed by atoms with Gasteiger partial charge in [-0.1, -0.05) is 6.07 Å². The number of phenols is 1. The Morgan fingerprint density at radius 3 is 2.74 bits per heavy atom. The topological polar surface area (TPSA) is 75.6 Å². The molecule has 1 aromatic carbocycles. The molecule has 2 aromatic rings. The highest BCUT2D eigenvalue weighted by Gasteiger charge is 2.14. The minimum absolute atomic E-state index is 0.00600. The van der Waals surface area contributed by atoms with Crippen LogP contribution in [0.3, 0.4) is 0 Å². The Bertz CT molecular complexity index is 607. The van der Waals surface area contributed by atoms with Gasteiger partial charge < -0.3 is 15.2 Å². The minimum atomic E-state index is -0.662. The van der Waals surface area contributed by atoms with Crippen LogP contribution in [0.5, 0.6) is 5.75 Å². The summed E-state index contributed by atoms with van der Waals surface area (Å²) in [6.07, 6.45) is 0. The van der Waals surface area contributed by atoms with Crippen LogP contribution in [0.15, 0.2) is 35.7 Å². The van der Waals surface area contributed by atoms with Crippen molar-refractivity contribution < 1.29 is 19.4 Å². The van der Waals surface area contributed by atoms with Crippen molar-refractivity contribution in [3.63, 3.8) is 0 Å². The molecule has 0 saturated heterocycles. The van der Waals surface area contributed by atoms with Gasteiger partial charge in [-0.25, -0.2) is 4.79 Å². The van der Waals surface area contributed by atoms with Gasteiger partial charge in [-0.3, -0.25) is 4.79 Å². The van der Waals surface area contributed by atoms with Crippen molar-refractivity contribution >= 4 is 28.9 Å². The quantitative estimate of drug-likeness (QED) is 0.667. The predicted octanol–water partition coefficient (Wildman–Crippen LogP) is 2.49. The number of phenolic OH excluding ortho intramolecular Hbond substituents is 1. The minimum Gasteiger partial charge on any atom is -0.507 e. The Labute approximate surface area is 113 Å². The first-order valence-electron chi connectivity index (χ1n) is 5.38. The molecule has 5 nitrogen and oxygen atoms in total. The molecule has 0 aliphatic rings.